The van der Waals surface area contributed by atoms with E-state index in [1.54, 1.807) is 13.8 Å². The van der Waals surface area contributed by atoms with Crippen LogP contribution in [0.25, 0.3) is 0 Å². The van der Waals surface area contributed by atoms with Crippen molar-refractivity contribution >= 4 is 21.7 Å². The second-order valence-electron chi connectivity index (χ2n) is 3.68. The Balaban J connectivity index is 3.05. The molecule has 4 heteroatoms. The minimum atomic E-state index is -1.16. The maximum absolute atomic E-state index is 13.3. The molecule has 15 heavy (non-hydrogen) atoms. The average Bonchev–Trinajstić information content (AvgIpc) is 2.19. The Morgan fingerprint density at radius 1 is 1.47 bits per heavy atom. The summed E-state index contributed by atoms with van der Waals surface area (Å²) in [6.07, 6.45) is -1.16. The van der Waals surface area contributed by atoms with Crippen molar-refractivity contribution in [3.63, 3.8) is 0 Å². The molecule has 0 saturated heterocycles. The second-order valence-corrected chi connectivity index (χ2v) is 4.59. The molecule has 1 unspecified atom stereocenters. The number of halogens is 2. The molecule has 0 saturated carbocycles. The van der Waals surface area contributed by atoms with Gasteiger partial charge >= 0.3 is 0 Å². The summed E-state index contributed by atoms with van der Waals surface area (Å²) >= 11 is 3.15. The lowest BCUT2D eigenvalue weighted by molar-refractivity contribution is 0.0643. The first-order chi connectivity index (χ1) is 6.93. The Labute approximate surface area is 96.2 Å². The van der Waals surface area contributed by atoms with Crippen molar-refractivity contribution in [2.24, 2.45) is 5.92 Å². The molecule has 0 fully saturated rings. The van der Waals surface area contributed by atoms with E-state index in [-0.39, 0.29) is 11.5 Å². The molecule has 0 aromatic heterocycles. The van der Waals surface area contributed by atoms with Crippen LogP contribution in [0.4, 0.5) is 4.39 Å². The van der Waals surface area contributed by atoms with Crippen LogP contribution in [0.2, 0.25) is 0 Å². The average molecular weight is 275 g/mol. The normalized spacial score (nSPS) is 12.9. The van der Waals surface area contributed by atoms with Gasteiger partial charge in [-0.15, -0.1) is 0 Å². The van der Waals surface area contributed by atoms with Gasteiger partial charge < -0.3 is 5.11 Å². The molecule has 0 radical (unpaired) electrons. The molecular weight excluding hydrogens is 263 g/mol. The van der Waals surface area contributed by atoms with Crippen LogP contribution in [0.3, 0.4) is 0 Å². The quantitative estimate of drug-likeness (QED) is 0.861. The van der Waals surface area contributed by atoms with Crippen LogP contribution in [0, 0.1) is 11.7 Å². The van der Waals surface area contributed by atoms with Crippen LogP contribution >= 0.6 is 15.9 Å². The number of hydrogen-bond donors (Lipinski definition) is 1. The Hall–Kier alpha value is -0.740. The van der Waals surface area contributed by atoms with Crippen molar-refractivity contribution in [3.05, 3.63) is 34.1 Å². The number of Topliss-reactive ketones (excluding diaryl/α,β-unsaturated/α-hetero) is 1. The molecule has 0 heterocycles. The number of rotatable bonds is 3. The van der Waals surface area contributed by atoms with Crippen molar-refractivity contribution in [2.75, 3.05) is 0 Å². The van der Waals surface area contributed by atoms with E-state index < -0.39 is 17.7 Å². The lowest BCUT2D eigenvalue weighted by atomic mass is 9.97. The van der Waals surface area contributed by atoms with Gasteiger partial charge in [-0.25, -0.2) is 4.39 Å². The van der Waals surface area contributed by atoms with Crippen molar-refractivity contribution in [3.8, 4) is 0 Å². The Bertz CT molecular complexity index is 377. The second kappa shape index (κ2) is 4.86. The lowest BCUT2D eigenvalue weighted by Gasteiger charge is -2.13. The standard InChI is InChI=1S/C11H12BrFO2/c1-6(2)10(14)11(15)8-5-7(12)3-4-9(8)13/h3-6,10,14H,1-2H3. The first kappa shape index (κ1) is 12.3. The monoisotopic (exact) mass is 274 g/mol. The highest BCUT2D eigenvalue weighted by atomic mass is 79.9. The van der Waals surface area contributed by atoms with Crippen LogP contribution in [0.1, 0.15) is 24.2 Å². The van der Waals surface area contributed by atoms with E-state index in [4.69, 9.17) is 0 Å². The molecule has 1 aromatic rings. The van der Waals surface area contributed by atoms with Crippen molar-refractivity contribution in [1.29, 1.82) is 0 Å². The summed E-state index contributed by atoms with van der Waals surface area (Å²) in [5, 5.41) is 9.53. The van der Waals surface area contributed by atoms with Crippen LogP contribution in [-0.2, 0) is 0 Å². The Morgan fingerprint density at radius 2 is 2.07 bits per heavy atom. The zero-order valence-electron chi connectivity index (χ0n) is 8.50. The minimum Gasteiger partial charge on any atom is -0.385 e. The maximum Gasteiger partial charge on any atom is 0.194 e. The Morgan fingerprint density at radius 3 is 2.60 bits per heavy atom. The van der Waals surface area contributed by atoms with E-state index in [0.717, 1.165) is 0 Å². The highest BCUT2D eigenvalue weighted by Gasteiger charge is 2.23. The van der Waals surface area contributed by atoms with Gasteiger partial charge in [-0.2, -0.15) is 0 Å². The summed E-state index contributed by atoms with van der Waals surface area (Å²) in [6, 6.07) is 4.08. The molecule has 0 spiro atoms. The molecule has 1 rings (SSSR count). The van der Waals surface area contributed by atoms with Crippen LogP contribution in [0.15, 0.2) is 22.7 Å². The van der Waals surface area contributed by atoms with Crippen LogP contribution < -0.4 is 0 Å². The number of ketones is 1. The molecule has 1 aromatic carbocycles. The van der Waals surface area contributed by atoms with Crippen molar-refractivity contribution in [2.45, 2.75) is 20.0 Å². The minimum absolute atomic E-state index is 0.0782. The van der Waals surface area contributed by atoms with E-state index >= 15 is 0 Å². The fourth-order valence-corrected chi connectivity index (χ4v) is 1.51. The number of carbonyl (C=O) groups excluding carboxylic acids is 1. The van der Waals surface area contributed by atoms with Gasteiger partial charge in [-0.1, -0.05) is 29.8 Å². The smallest absolute Gasteiger partial charge is 0.194 e. The van der Waals surface area contributed by atoms with E-state index in [9.17, 15) is 14.3 Å². The van der Waals surface area contributed by atoms with Gasteiger partial charge in [0.05, 0.1) is 5.56 Å². The number of aliphatic hydroxyl groups is 1. The zero-order valence-corrected chi connectivity index (χ0v) is 10.1. The largest absolute Gasteiger partial charge is 0.385 e. The lowest BCUT2D eigenvalue weighted by Crippen LogP contribution is -2.26. The predicted octanol–water partition coefficient (Wildman–Crippen LogP) is 2.79. The summed E-state index contributed by atoms with van der Waals surface area (Å²) < 4.78 is 13.9. The number of aliphatic hydroxyl groups excluding tert-OH is 1. The summed E-state index contributed by atoms with van der Waals surface area (Å²) in [6.45, 7) is 3.41. The highest BCUT2D eigenvalue weighted by molar-refractivity contribution is 9.10. The highest BCUT2D eigenvalue weighted by Crippen LogP contribution is 2.18. The third-order valence-corrected chi connectivity index (χ3v) is 2.59. The molecule has 1 atom stereocenters. The predicted molar refractivity (Wildman–Crippen MR) is 59.3 cm³/mol. The van der Waals surface area contributed by atoms with Crippen LogP contribution in [0.5, 0.6) is 0 Å². The third-order valence-electron chi connectivity index (χ3n) is 2.09. The number of benzene rings is 1. The summed E-state index contributed by atoms with van der Waals surface area (Å²) in [5.74, 6) is -1.41. The molecular formula is C11H12BrFO2. The third kappa shape index (κ3) is 2.86. The fraction of sp³-hybridized carbons (Fsp3) is 0.364. The van der Waals surface area contributed by atoms with Gasteiger partial charge in [0, 0.05) is 4.47 Å². The van der Waals surface area contributed by atoms with Gasteiger partial charge in [0.1, 0.15) is 11.9 Å². The molecule has 0 aliphatic carbocycles. The van der Waals surface area contributed by atoms with Gasteiger partial charge in [-0.3, -0.25) is 4.79 Å². The number of carbonyl (C=O) groups is 1. The first-order valence-corrected chi connectivity index (χ1v) is 5.40. The molecule has 82 valence electrons. The molecule has 0 aliphatic heterocycles. The summed E-state index contributed by atoms with van der Waals surface area (Å²) in [7, 11) is 0. The molecule has 1 N–H and O–H groups in total. The maximum atomic E-state index is 13.3. The van der Waals surface area contributed by atoms with Gasteiger partial charge in [0.15, 0.2) is 5.78 Å². The topological polar surface area (TPSA) is 37.3 Å². The van der Waals surface area contributed by atoms with E-state index in [2.05, 4.69) is 15.9 Å². The molecule has 0 bridgehead atoms. The SMILES string of the molecule is CC(C)C(O)C(=O)c1cc(Br)ccc1F. The summed E-state index contributed by atoms with van der Waals surface area (Å²) in [4.78, 5) is 11.6. The van der Waals surface area contributed by atoms with Gasteiger partial charge in [0.25, 0.3) is 0 Å². The zero-order chi connectivity index (χ0) is 11.6. The van der Waals surface area contributed by atoms with Crippen LogP contribution in [-0.4, -0.2) is 17.0 Å². The van der Waals surface area contributed by atoms with Gasteiger partial charge in [0.2, 0.25) is 0 Å². The molecule has 2 nitrogen and oxygen atoms in total. The van der Waals surface area contributed by atoms with E-state index in [0.29, 0.717) is 4.47 Å². The first-order valence-electron chi connectivity index (χ1n) is 4.61. The van der Waals surface area contributed by atoms with E-state index in [1.807, 2.05) is 0 Å². The molecule has 0 aliphatic rings. The Kier molecular flexibility index (Phi) is 3.99. The fourth-order valence-electron chi connectivity index (χ4n) is 1.15. The van der Waals surface area contributed by atoms with Crippen molar-refractivity contribution in [1.82, 2.24) is 0 Å². The number of hydrogen-bond acceptors (Lipinski definition) is 2. The van der Waals surface area contributed by atoms with Crippen molar-refractivity contribution < 1.29 is 14.3 Å². The molecule has 0 amide bonds. The summed E-state index contributed by atoms with van der Waals surface area (Å²) in [5.41, 5.74) is -0.0782. The van der Waals surface area contributed by atoms with E-state index in [1.165, 1.54) is 18.2 Å². The van der Waals surface area contributed by atoms with Gasteiger partial charge in [-0.05, 0) is 24.1 Å².